The van der Waals surface area contributed by atoms with Crippen LogP contribution < -0.4 is 11.1 Å². The molecule has 0 radical (unpaired) electrons. The van der Waals surface area contributed by atoms with Gasteiger partial charge in [-0.05, 0) is 24.7 Å². The van der Waals surface area contributed by atoms with Crippen LogP contribution >= 0.6 is 0 Å². The van der Waals surface area contributed by atoms with Crippen LogP contribution in [0.3, 0.4) is 0 Å². The van der Waals surface area contributed by atoms with Crippen molar-refractivity contribution in [1.29, 1.82) is 0 Å². The van der Waals surface area contributed by atoms with Crippen LogP contribution in [0, 0.1) is 0 Å². The Morgan fingerprint density at radius 1 is 1.21 bits per heavy atom. The molecule has 2 rings (SSSR count). The molecule has 1 fully saturated rings. The molecule has 1 heterocycles. The number of carbonyl (C=O) groups excluding carboxylic acids is 1. The summed E-state index contributed by atoms with van der Waals surface area (Å²) in [6, 6.07) is 3.21. The van der Waals surface area contributed by atoms with Crippen molar-refractivity contribution in [2.24, 2.45) is 0 Å². The molecular formula is C16H23F3N4O. The third-order valence-electron chi connectivity index (χ3n) is 4.22. The van der Waals surface area contributed by atoms with Gasteiger partial charge in [0.15, 0.2) is 0 Å². The summed E-state index contributed by atoms with van der Waals surface area (Å²) in [5, 5.41) is 2.57. The summed E-state index contributed by atoms with van der Waals surface area (Å²) < 4.78 is 39.1. The maximum atomic E-state index is 13.0. The molecular weight excluding hydrogens is 321 g/mol. The molecule has 1 aliphatic rings. The van der Waals surface area contributed by atoms with E-state index in [2.05, 4.69) is 22.0 Å². The first-order chi connectivity index (χ1) is 11.3. The fourth-order valence-corrected chi connectivity index (χ4v) is 2.75. The van der Waals surface area contributed by atoms with Gasteiger partial charge in [0.25, 0.3) is 5.91 Å². The zero-order valence-electron chi connectivity index (χ0n) is 13.7. The number of hydrogen-bond donors (Lipinski definition) is 2. The van der Waals surface area contributed by atoms with E-state index in [1.807, 2.05) is 0 Å². The molecule has 1 amide bonds. The third kappa shape index (κ3) is 4.85. The first kappa shape index (κ1) is 18.5. The lowest BCUT2D eigenvalue weighted by Crippen LogP contribution is -2.48. The molecule has 5 nitrogen and oxygen atoms in total. The number of benzene rings is 1. The van der Waals surface area contributed by atoms with Gasteiger partial charge in [-0.1, -0.05) is 6.92 Å². The molecule has 0 aromatic heterocycles. The van der Waals surface area contributed by atoms with Gasteiger partial charge in [0, 0.05) is 45.0 Å². The zero-order chi connectivity index (χ0) is 17.7. The predicted octanol–water partition coefficient (Wildman–Crippen LogP) is 1.65. The van der Waals surface area contributed by atoms with Gasteiger partial charge in [0.1, 0.15) is 0 Å². The Morgan fingerprint density at radius 2 is 1.83 bits per heavy atom. The number of anilines is 1. The highest BCUT2D eigenvalue weighted by Gasteiger charge is 2.35. The van der Waals surface area contributed by atoms with Gasteiger partial charge < -0.3 is 16.0 Å². The molecule has 134 valence electrons. The van der Waals surface area contributed by atoms with Crippen molar-refractivity contribution in [3.8, 4) is 0 Å². The highest BCUT2D eigenvalue weighted by atomic mass is 19.4. The van der Waals surface area contributed by atoms with E-state index in [0.29, 0.717) is 13.1 Å². The van der Waals surface area contributed by atoms with E-state index in [-0.39, 0.29) is 5.69 Å². The fourth-order valence-electron chi connectivity index (χ4n) is 2.75. The van der Waals surface area contributed by atoms with Crippen molar-refractivity contribution in [3.63, 3.8) is 0 Å². The van der Waals surface area contributed by atoms with Gasteiger partial charge in [0.2, 0.25) is 0 Å². The average Bonchev–Trinajstić information content (AvgIpc) is 2.54. The lowest BCUT2D eigenvalue weighted by Gasteiger charge is -2.33. The van der Waals surface area contributed by atoms with E-state index >= 15 is 0 Å². The van der Waals surface area contributed by atoms with Crippen LogP contribution in [0.15, 0.2) is 18.2 Å². The second-order valence-electron chi connectivity index (χ2n) is 5.83. The number of nitrogens with one attached hydrogen (secondary N) is 1. The number of halogens is 3. The Labute approximate surface area is 139 Å². The van der Waals surface area contributed by atoms with Crippen molar-refractivity contribution in [2.45, 2.75) is 13.1 Å². The molecule has 0 saturated carbocycles. The second kappa shape index (κ2) is 7.85. The van der Waals surface area contributed by atoms with Crippen molar-refractivity contribution in [1.82, 2.24) is 15.1 Å². The van der Waals surface area contributed by atoms with Gasteiger partial charge in [0.05, 0.1) is 11.1 Å². The second-order valence-corrected chi connectivity index (χ2v) is 5.83. The molecule has 0 spiro atoms. The van der Waals surface area contributed by atoms with Crippen molar-refractivity contribution in [2.75, 3.05) is 51.5 Å². The van der Waals surface area contributed by atoms with Crippen LogP contribution in [-0.2, 0) is 6.18 Å². The number of likely N-dealkylation sites (N-methyl/N-ethyl adjacent to an activating group) is 1. The van der Waals surface area contributed by atoms with Crippen LogP contribution in [0.4, 0.5) is 18.9 Å². The normalized spacial score (nSPS) is 17.0. The first-order valence-electron chi connectivity index (χ1n) is 8.01. The maximum absolute atomic E-state index is 13.0. The smallest absolute Gasteiger partial charge is 0.399 e. The van der Waals surface area contributed by atoms with Crippen molar-refractivity contribution in [3.05, 3.63) is 29.3 Å². The molecule has 3 N–H and O–H groups in total. The Kier molecular flexibility index (Phi) is 6.06. The van der Waals surface area contributed by atoms with Crippen LogP contribution in [-0.4, -0.2) is 61.5 Å². The lowest BCUT2D eigenvalue weighted by molar-refractivity contribution is -0.137. The standard InChI is InChI=1S/C16H23F3N4O/c1-2-22-7-9-23(10-8-22)6-5-21-15(24)13-4-3-12(20)11-14(13)16(17,18)19/h3-4,11H,2,5-10,20H2,1H3,(H,21,24). The van der Waals surface area contributed by atoms with E-state index in [9.17, 15) is 18.0 Å². The summed E-state index contributed by atoms with van der Waals surface area (Å²) in [5.74, 6) is -0.727. The van der Waals surface area contributed by atoms with Gasteiger partial charge in [-0.2, -0.15) is 13.2 Å². The molecule has 0 unspecified atom stereocenters. The highest BCUT2D eigenvalue weighted by molar-refractivity contribution is 5.96. The predicted molar refractivity (Wildman–Crippen MR) is 86.7 cm³/mol. The average molecular weight is 344 g/mol. The number of piperazine rings is 1. The highest BCUT2D eigenvalue weighted by Crippen LogP contribution is 2.33. The van der Waals surface area contributed by atoms with Gasteiger partial charge in [-0.25, -0.2) is 0 Å². The topological polar surface area (TPSA) is 61.6 Å². The monoisotopic (exact) mass is 344 g/mol. The number of amides is 1. The number of nitrogen functional groups attached to an aromatic ring is 1. The molecule has 1 saturated heterocycles. The van der Waals surface area contributed by atoms with Crippen molar-refractivity contribution < 1.29 is 18.0 Å². The fraction of sp³-hybridized carbons (Fsp3) is 0.562. The number of nitrogens with two attached hydrogens (primary N) is 1. The summed E-state index contributed by atoms with van der Waals surface area (Å²) in [7, 11) is 0. The molecule has 1 aromatic rings. The molecule has 24 heavy (non-hydrogen) atoms. The Balaban J connectivity index is 1.89. The van der Waals surface area contributed by atoms with Gasteiger partial charge >= 0.3 is 6.18 Å². The third-order valence-corrected chi connectivity index (χ3v) is 4.22. The van der Waals surface area contributed by atoms with Crippen LogP contribution in [0.2, 0.25) is 0 Å². The molecule has 8 heteroatoms. The summed E-state index contributed by atoms with van der Waals surface area (Å²) in [5.41, 5.74) is 3.98. The number of alkyl halides is 3. The molecule has 1 aliphatic heterocycles. The zero-order valence-corrected chi connectivity index (χ0v) is 13.7. The Morgan fingerprint density at radius 3 is 2.42 bits per heavy atom. The maximum Gasteiger partial charge on any atom is 0.417 e. The van der Waals surface area contributed by atoms with Crippen molar-refractivity contribution >= 4 is 11.6 Å². The Hall–Kier alpha value is -1.80. The number of nitrogens with zero attached hydrogens (tertiary/aromatic N) is 2. The minimum Gasteiger partial charge on any atom is -0.399 e. The van der Waals surface area contributed by atoms with E-state index in [0.717, 1.165) is 44.9 Å². The molecule has 0 aliphatic carbocycles. The minimum absolute atomic E-state index is 0.0207. The molecule has 1 aromatic carbocycles. The van der Waals surface area contributed by atoms with Crippen LogP contribution in [0.25, 0.3) is 0 Å². The van der Waals surface area contributed by atoms with Gasteiger partial charge in [-0.3, -0.25) is 9.69 Å². The van der Waals surface area contributed by atoms with Crippen LogP contribution in [0.5, 0.6) is 0 Å². The number of hydrogen-bond acceptors (Lipinski definition) is 4. The van der Waals surface area contributed by atoms with Gasteiger partial charge in [-0.15, -0.1) is 0 Å². The largest absolute Gasteiger partial charge is 0.417 e. The van der Waals surface area contributed by atoms with E-state index in [1.54, 1.807) is 0 Å². The van der Waals surface area contributed by atoms with E-state index in [1.165, 1.54) is 6.07 Å². The summed E-state index contributed by atoms with van der Waals surface area (Å²) in [6.07, 6.45) is -4.61. The first-order valence-corrected chi connectivity index (χ1v) is 8.01. The quantitative estimate of drug-likeness (QED) is 0.798. The molecule has 0 bridgehead atoms. The van der Waals surface area contributed by atoms with E-state index < -0.39 is 23.2 Å². The van der Waals surface area contributed by atoms with Crippen LogP contribution in [0.1, 0.15) is 22.8 Å². The summed E-state index contributed by atoms with van der Waals surface area (Å²) in [4.78, 5) is 16.6. The Bertz CT molecular complexity index is 569. The molecule has 0 atom stereocenters. The SMILES string of the molecule is CCN1CCN(CCNC(=O)c2ccc(N)cc2C(F)(F)F)CC1. The summed E-state index contributed by atoms with van der Waals surface area (Å²) >= 11 is 0. The lowest BCUT2D eigenvalue weighted by atomic mass is 10.1. The number of rotatable bonds is 5. The summed E-state index contributed by atoms with van der Waals surface area (Å²) in [6.45, 7) is 7.81. The minimum atomic E-state index is -4.61. The number of carbonyl (C=O) groups is 1. The van der Waals surface area contributed by atoms with E-state index in [4.69, 9.17) is 5.73 Å².